The Hall–Kier alpha value is -2.83. The number of carbonyl (C=O) groups is 1. The van der Waals surface area contributed by atoms with Crippen LogP contribution < -0.4 is 10.0 Å². The van der Waals surface area contributed by atoms with Crippen molar-refractivity contribution < 1.29 is 13.2 Å². The molecule has 178 valence electrons. The van der Waals surface area contributed by atoms with Crippen LogP contribution in [-0.2, 0) is 22.9 Å². The molecule has 3 aromatic rings. The molecule has 0 saturated carbocycles. The fourth-order valence-corrected chi connectivity index (χ4v) is 5.90. The first-order valence-corrected chi connectivity index (χ1v) is 13.4. The van der Waals surface area contributed by atoms with Crippen LogP contribution >= 0.6 is 11.6 Å². The van der Waals surface area contributed by atoms with E-state index in [0.29, 0.717) is 5.69 Å². The van der Waals surface area contributed by atoms with Crippen LogP contribution in [0.1, 0.15) is 64.8 Å². The van der Waals surface area contributed by atoms with Crippen molar-refractivity contribution in [3.05, 3.63) is 93.5 Å². The van der Waals surface area contributed by atoms with Crippen molar-refractivity contribution in [2.24, 2.45) is 0 Å². The first kappa shape index (κ1) is 24.3. The summed E-state index contributed by atoms with van der Waals surface area (Å²) in [7, 11) is -3.97. The van der Waals surface area contributed by atoms with Gasteiger partial charge >= 0.3 is 0 Å². The van der Waals surface area contributed by atoms with E-state index in [0.717, 1.165) is 30.4 Å². The lowest BCUT2D eigenvalue weighted by atomic mass is 9.88. The van der Waals surface area contributed by atoms with Crippen molar-refractivity contribution in [3.63, 3.8) is 0 Å². The molecule has 1 amide bonds. The summed E-state index contributed by atoms with van der Waals surface area (Å²) in [5, 5.41) is 3.12. The molecule has 1 aliphatic rings. The highest BCUT2D eigenvalue weighted by Crippen LogP contribution is 2.28. The Morgan fingerprint density at radius 3 is 2.38 bits per heavy atom. The highest BCUT2D eigenvalue weighted by Gasteiger charge is 2.22. The quantitative estimate of drug-likeness (QED) is 0.408. The van der Waals surface area contributed by atoms with E-state index in [9.17, 15) is 13.2 Å². The number of sulfonamides is 1. The molecule has 1 aliphatic carbocycles. The number of anilines is 1. The fraction of sp³-hybridized carbons (Fsp3) is 0.296. The van der Waals surface area contributed by atoms with Gasteiger partial charge in [0, 0.05) is 11.3 Å². The summed E-state index contributed by atoms with van der Waals surface area (Å²) in [5.74, 6) is -0.340. The van der Waals surface area contributed by atoms with Gasteiger partial charge in [0.2, 0.25) is 0 Å². The zero-order valence-electron chi connectivity index (χ0n) is 19.4. The summed E-state index contributed by atoms with van der Waals surface area (Å²) in [6.45, 7) is 3.94. The van der Waals surface area contributed by atoms with E-state index in [-0.39, 0.29) is 27.4 Å². The zero-order chi connectivity index (χ0) is 24.3. The monoisotopic (exact) mass is 496 g/mol. The second-order valence-electron chi connectivity index (χ2n) is 8.79. The number of hydrogen-bond acceptors (Lipinski definition) is 3. The van der Waals surface area contributed by atoms with E-state index in [1.807, 2.05) is 26.0 Å². The van der Waals surface area contributed by atoms with Gasteiger partial charge in [-0.15, -0.1) is 0 Å². The van der Waals surface area contributed by atoms with Crippen LogP contribution in [0, 0.1) is 6.92 Å². The molecule has 0 heterocycles. The summed E-state index contributed by atoms with van der Waals surface area (Å²) in [6, 6.07) is 17.6. The van der Waals surface area contributed by atoms with Crippen LogP contribution in [0.3, 0.4) is 0 Å². The molecule has 0 fully saturated rings. The molecule has 0 saturated heterocycles. The highest BCUT2D eigenvalue weighted by molar-refractivity contribution is 7.92. The smallest absolute Gasteiger partial charge is 0.263 e. The van der Waals surface area contributed by atoms with Crippen LogP contribution in [0.4, 0.5) is 5.69 Å². The van der Waals surface area contributed by atoms with Crippen molar-refractivity contribution in [2.75, 3.05) is 4.72 Å². The Morgan fingerprint density at radius 2 is 1.68 bits per heavy atom. The predicted octanol–water partition coefficient (Wildman–Crippen LogP) is 6.21. The minimum absolute atomic E-state index is 0.0536. The zero-order valence-corrected chi connectivity index (χ0v) is 21.0. The van der Waals surface area contributed by atoms with Crippen molar-refractivity contribution in [2.45, 2.75) is 56.9 Å². The maximum atomic E-state index is 13.1. The number of hydrogen-bond donors (Lipinski definition) is 2. The van der Waals surface area contributed by atoms with Gasteiger partial charge in [-0.25, -0.2) is 8.42 Å². The van der Waals surface area contributed by atoms with Gasteiger partial charge in [0.25, 0.3) is 15.9 Å². The predicted molar refractivity (Wildman–Crippen MR) is 137 cm³/mol. The molecule has 3 aromatic carbocycles. The molecule has 0 spiro atoms. The SMILES string of the molecule is CC[C@@H](NC(=O)c1ccc(Cl)c(S(=O)(=O)Nc2ccc(C)cc2)c1)c1ccc2c(c1)CCCC2. The van der Waals surface area contributed by atoms with Crippen LogP contribution in [0.15, 0.2) is 65.6 Å². The van der Waals surface area contributed by atoms with Crippen LogP contribution in [0.5, 0.6) is 0 Å². The molecule has 0 unspecified atom stereocenters. The Balaban J connectivity index is 1.55. The van der Waals surface area contributed by atoms with Crippen LogP contribution in [0.2, 0.25) is 5.02 Å². The van der Waals surface area contributed by atoms with E-state index in [1.54, 1.807) is 18.2 Å². The van der Waals surface area contributed by atoms with E-state index in [4.69, 9.17) is 11.6 Å². The summed E-state index contributed by atoms with van der Waals surface area (Å²) in [6.07, 6.45) is 5.31. The molecule has 0 bridgehead atoms. The molecule has 5 nitrogen and oxygen atoms in total. The largest absolute Gasteiger partial charge is 0.345 e. The fourth-order valence-electron chi connectivity index (χ4n) is 4.32. The Bertz CT molecular complexity index is 1300. The standard InChI is InChI=1S/C27H29ClN2O3S/c1-3-25(21-11-10-19-6-4-5-7-20(19)16-21)29-27(31)22-12-15-24(28)26(17-22)34(32,33)30-23-13-8-18(2)9-14-23/h8-17,25,30H,3-7H2,1-2H3,(H,29,31)/t25-/m1/s1. The average Bonchev–Trinajstić information content (AvgIpc) is 2.83. The Labute approximate surface area is 206 Å². The Morgan fingerprint density at radius 1 is 0.971 bits per heavy atom. The third kappa shape index (κ3) is 5.45. The molecule has 0 aliphatic heterocycles. The highest BCUT2D eigenvalue weighted by atomic mass is 35.5. The first-order valence-electron chi connectivity index (χ1n) is 11.6. The van der Waals surface area contributed by atoms with E-state index < -0.39 is 10.0 Å². The molecule has 2 N–H and O–H groups in total. The van der Waals surface area contributed by atoms with E-state index in [2.05, 4.69) is 28.2 Å². The number of aryl methyl sites for hydroxylation is 3. The van der Waals surface area contributed by atoms with Crippen molar-refractivity contribution in [1.29, 1.82) is 0 Å². The normalized spacial score (nSPS) is 14.2. The van der Waals surface area contributed by atoms with E-state index >= 15 is 0 Å². The molecular weight excluding hydrogens is 468 g/mol. The van der Waals surface area contributed by atoms with Gasteiger partial charge in [-0.05, 0) is 86.1 Å². The third-order valence-electron chi connectivity index (χ3n) is 6.28. The molecule has 7 heteroatoms. The maximum Gasteiger partial charge on any atom is 0.263 e. The number of amides is 1. The minimum atomic E-state index is -3.97. The number of carbonyl (C=O) groups excluding carboxylic acids is 1. The van der Waals surface area contributed by atoms with Crippen molar-refractivity contribution in [1.82, 2.24) is 5.32 Å². The summed E-state index contributed by atoms with van der Waals surface area (Å²) in [5.41, 5.74) is 5.51. The average molecular weight is 497 g/mol. The molecule has 0 radical (unpaired) electrons. The Kier molecular flexibility index (Phi) is 7.29. The lowest BCUT2D eigenvalue weighted by Gasteiger charge is -2.22. The van der Waals surface area contributed by atoms with Gasteiger partial charge in [0.1, 0.15) is 4.90 Å². The van der Waals surface area contributed by atoms with Crippen molar-refractivity contribution >= 4 is 33.2 Å². The third-order valence-corrected chi connectivity index (χ3v) is 8.14. The first-order chi connectivity index (χ1) is 16.3. The summed E-state index contributed by atoms with van der Waals surface area (Å²) in [4.78, 5) is 13.0. The van der Waals surface area contributed by atoms with Gasteiger partial charge in [0.05, 0.1) is 11.1 Å². The number of nitrogens with one attached hydrogen (secondary N) is 2. The summed E-state index contributed by atoms with van der Waals surface area (Å²) < 4.78 is 28.5. The van der Waals surface area contributed by atoms with Crippen molar-refractivity contribution in [3.8, 4) is 0 Å². The van der Waals surface area contributed by atoms with Crippen LogP contribution in [-0.4, -0.2) is 14.3 Å². The number of halogens is 1. The topological polar surface area (TPSA) is 75.3 Å². The second-order valence-corrected chi connectivity index (χ2v) is 10.8. The number of fused-ring (bicyclic) bond motifs is 1. The van der Waals surface area contributed by atoms with Crippen LogP contribution in [0.25, 0.3) is 0 Å². The molecular formula is C27H29ClN2O3S. The van der Waals surface area contributed by atoms with Gasteiger partial charge in [0.15, 0.2) is 0 Å². The minimum Gasteiger partial charge on any atom is -0.345 e. The van der Waals surface area contributed by atoms with Gasteiger partial charge in [-0.2, -0.15) is 0 Å². The molecule has 4 rings (SSSR count). The molecule has 1 atom stereocenters. The summed E-state index contributed by atoms with van der Waals surface area (Å²) >= 11 is 6.22. The maximum absolute atomic E-state index is 13.1. The number of rotatable bonds is 7. The van der Waals surface area contributed by atoms with Gasteiger partial charge in [-0.1, -0.05) is 54.4 Å². The second kappa shape index (κ2) is 10.2. The molecule has 0 aromatic heterocycles. The lowest BCUT2D eigenvalue weighted by molar-refractivity contribution is 0.0935. The lowest BCUT2D eigenvalue weighted by Crippen LogP contribution is -2.28. The van der Waals surface area contributed by atoms with E-state index in [1.165, 1.54) is 36.1 Å². The molecule has 34 heavy (non-hydrogen) atoms. The van der Waals surface area contributed by atoms with Gasteiger partial charge < -0.3 is 5.32 Å². The number of benzene rings is 3. The van der Waals surface area contributed by atoms with Gasteiger partial charge in [-0.3, -0.25) is 9.52 Å².